The van der Waals surface area contributed by atoms with Crippen LogP contribution in [0.1, 0.15) is 22.4 Å². The monoisotopic (exact) mass is 449 g/mol. The van der Waals surface area contributed by atoms with E-state index in [1.807, 2.05) is 57.3 Å². The normalized spacial score (nSPS) is 14.5. The van der Waals surface area contributed by atoms with Crippen LogP contribution in [0, 0.1) is 13.8 Å². The highest BCUT2D eigenvalue weighted by atomic mass is 32.2. The summed E-state index contributed by atoms with van der Waals surface area (Å²) < 4.78 is 35.9. The van der Waals surface area contributed by atoms with Crippen LogP contribution < -0.4 is 0 Å². The Kier molecular flexibility index (Phi) is 4.94. The third-order valence-electron chi connectivity index (χ3n) is 5.97. The van der Waals surface area contributed by atoms with Crippen LogP contribution in [0.3, 0.4) is 0 Å². The van der Waals surface area contributed by atoms with E-state index in [0.717, 1.165) is 27.9 Å². The highest BCUT2D eigenvalue weighted by Gasteiger charge is 2.33. The molecular weight excluding hydrogens is 426 g/mol. The van der Waals surface area contributed by atoms with Crippen LogP contribution in [0.15, 0.2) is 57.8 Å². The lowest BCUT2D eigenvalue weighted by Gasteiger charge is -2.27. The van der Waals surface area contributed by atoms with E-state index in [-0.39, 0.29) is 12.4 Å². The lowest BCUT2D eigenvalue weighted by molar-refractivity contribution is 0.386. The van der Waals surface area contributed by atoms with E-state index in [0.29, 0.717) is 29.4 Å². The molecule has 9 heteroatoms. The number of aromatic nitrogens is 4. The third kappa shape index (κ3) is 3.43. The number of hydrogen-bond acceptors (Lipinski definition) is 6. The zero-order valence-electron chi connectivity index (χ0n) is 18.1. The van der Waals surface area contributed by atoms with E-state index >= 15 is 0 Å². The van der Waals surface area contributed by atoms with Gasteiger partial charge in [-0.1, -0.05) is 24.3 Å². The van der Waals surface area contributed by atoms with E-state index in [4.69, 9.17) is 4.42 Å². The van der Waals surface area contributed by atoms with Gasteiger partial charge in [0.25, 0.3) is 5.89 Å². The van der Waals surface area contributed by atoms with Crippen molar-refractivity contribution in [3.63, 3.8) is 0 Å². The molecule has 32 heavy (non-hydrogen) atoms. The molecular formula is C23H23N5O3S. The van der Waals surface area contributed by atoms with E-state index in [2.05, 4.69) is 15.3 Å². The number of fused-ring (bicyclic) bond motifs is 1. The van der Waals surface area contributed by atoms with Gasteiger partial charge in [-0.25, -0.2) is 8.42 Å². The van der Waals surface area contributed by atoms with Gasteiger partial charge in [-0.2, -0.15) is 9.40 Å². The maximum Gasteiger partial charge on any atom is 0.268 e. The molecule has 3 heterocycles. The highest BCUT2D eigenvalue weighted by Crippen LogP contribution is 2.33. The van der Waals surface area contributed by atoms with Crippen LogP contribution in [0.5, 0.6) is 0 Å². The van der Waals surface area contributed by atoms with Crippen molar-refractivity contribution in [1.82, 2.24) is 24.3 Å². The average Bonchev–Trinajstić information content (AvgIpc) is 3.41. The Labute approximate surface area is 186 Å². The summed E-state index contributed by atoms with van der Waals surface area (Å²) in [6.07, 6.45) is 0.558. The minimum atomic E-state index is -3.64. The van der Waals surface area contributed by atoms with Gasteiger partial charge in [-0.05, 0) is 49.2 Å². The summed E-state index contributed by atoms with van der Waals surface area (Å²) in [4.78, 5) is 0.304. The third-order valence-corrected chi connectivity index (χ3v) is 7.81. The Morgan fingerprint density at radius 1 is 0.969 bits per heavy atom. The van der Waals surface area contributed by atoms with Gasteiger partial charge in [0.05, 0.1) is 4.90 Å². The van der Waals surface area contributed by atoms with Gasteiger partial charge >= 0.3 is 0 Å². The molecule has 0 radical (unpaired) electrons. The van der Waals surface area contributed by atoms with Crippen LogP contribution in [0.4, 0.5) is 0 Å². The first-order valence-corrected chi connectivity index (χ1v) is 11.8. The number of hydrogen-bond donors (Lipinski definition) is 0. The fourth-order valence-corrected chi connectivity index (χ4v) is 5.48. The fourth-order valence-electron chi connectivity index (χ4n) is 3.98. The Bertz CT molecular complexity index is 1410. The fraction of sp³-hybridized carbons (Fsp3) is 0.261. The number of sulfonamides is 1. The summed E-state index contributed by atoms with van der Waals surface area (Å²) in [6.45, 7) is 4.48. The van der Waals surface area contributed by atoms with Gasteiger partial charge in [0.2, 0.25) is 15.9 Å². The van der Waals surface area contributed by atoms with E-state index in [1.54, 1.807) is 16.8 Å². The second kappa shape index (κ2) is 7.68. The van der Waals surface area contributed by atoms with Crippen molar-refractivity contribution in [1.29, 1.82) is 0 Å². The molecule has 2 aromatic carbocycles. The van der Waals surface area contributed by atoms with Crippen molar-refractivity contribution >= 4 is 10.0 Å². The molecule has 0 amide bonds. The van der Waals surface area contributed by atoms with E-state index < -0.39 is 10.0 Å². The average molecular weight is 450 g/mol. The maximum atomic E-state index is 13.4. The van der Waals surface area contributed by atoms with Crippen molar-refractivity contribution in [2.75, 3.05) is 6.54 Å². The Hall–Kier alpha value is -3.30. The summed E-state index contributed by atoms with van der Waals surface area (Å²) >= 11 is 0. The van der Waals surface area contributed by atoms with Crippen molar-refractivity contribution < 1.29 is 12.8 Å². The number of aryl methyl sites for hydroxylation is 3. The zero-order chi connectivity index (χ0) is 22.5. The molecule has 8 nitrogen and oxygen atoms in total. The standard InChI is InChI=1S/C23H23N5O3S/c1-15-9-10-18(13-16(15)2)32(29,30)28-12-11-20-19(14-28)21(26-27(20)3)23-25-24-22(31-23)17-7-5-4-6-8-17/h4-10,13H,11-12,14H2,1-3H3. The van der Waals surface area contributed by atoms with E-state index in [1.165, 1.54) is 4.31 Å². The molecule has 0 aliphatic carbocycles. The molecule has 2 aromatic heterocycles. The molecule has 1 aliphatic rings. The predicted octanol–water partition coefficient (Wildman–Crippen LogP) is 3.50. The minimum Gasteiger partial charge on any atom is -0.415 e. The van der Waals surface area contributed by atoms with Crippen molar-refractivity contribution in [2.45, 2.75) is 31.7 Å². The minimum absolute atomic E-state index is 0.205. The molecule has 0 saturated heterocycles. The van der Waals surface area contributed by atoms with E-state index in [9.17, 15) is 8.42 Å². The maximum absolute atomic E-state index is 13.4. The van der Waals surface area contributed by atoms with Crippen molar-refractivity contribution in [3.05, 3.63) is 70.9 Å². The predicted molar refractivity (Wildman–Crippen MR) is 119 cm³/mol. The first-order chi connectivity index (χ1) is 15.3. The van der Waals surface area contributed by atoms with Gasteiger partial charge in [0.15, 0.2) is 5.69 Å². The molecule has 0 saturated carbocycles. The summed E-state index contributed by atoms with van der Waals surface area (Å²) in [5.74, 6) is 0.682. The molecule has 1 aliphatic heterocycles. The largest absolute Gasteiger partial charge is 0.415 e. The van der Waals surface area contributed by atoms with Crippen LogP contribution >= 0.6 is 0 Å². The summed E-state index contributed by atoms with van der Waals surface area (Å²) in [6, 6.07) is 14.7. The molecule has 0 atom stereocenters. The topological polar surface area (TPSA) is 94.1 Å². The Morgan fingerprint density at radius 2 is 1.72 bits per heavy atom. The lowest BCUT2D eigenvalue weighted by atomic mass is 10.1. The van der Waals surface area contributed by atoms with Gasteiger partial charge in [-0.3, -0.25) is 4.68 Å². The molecule has 0 bridgehead atoms. The second-order valence-electron chi connectivity index (χ2n) is 8.01. The zero-order valence-corrected chi connectivity index (χ0v) is 18.9. The van der Waals surface area contributed by atoms with Crippen LogP contribution in [0.2, 0.25) is 0 Å². The molecule has 0 N–H and O–H groups in total. The molecule has 0 spiro atoms. The Morgan fingerprint density at radius 3 is 2.47 bits per heavy atom. The van der Waals surface area contributed by atoms with Crippen molar-refractivity contribution in [2.24, 2.45) is 7.05 Å². The quantitative estimate of drug-likeness (QED) is 0.473. The molecule has 4 aromatic rings. The Balaban J connectivity index is 1.50. The van der Waals surface area contributed by atoms with Gasteiger partial charge in [-0.15, -0.1) is 10.2 Å². The van der Waals surface area contributed by atoms with Crippen molar-refractivity contribution in [3.8, 4) is 23.0 Å². The summed E-state index contributed by atoms with van der Waals surface area (Å²) in [5.41, 5.74) is 5.13. The number of nitrogens with zero attached hydrogens (tertiary/aromatic N) is 5. The first kappa shape index (κ1) is 20.6. The van der Waals surface area contributed by atoms with Crippen LogP contribution in [0.25, 0.3) is 23.0 Å². The molecule has 0 unspecified atom stereocenters. The lowest BCUT2D eigenvalue weighted by Crippen LogP contribution is -2.36. The summed E-state index contributed by atoms with van der Waals surface area (Å²) in [7, 11) is -1.79. The summed E-state index contributed by atoms with van der Waals surface area (Å²) in [5, 5.41) is 12.9. The molecule has 5 rings (SSSR count). The van der Waals surface area contributed by atoms with Gasteiger partial charge < -0.3 is 4.42 Å². The number of rotatable bonds is 4. The SMILES string of the molecule is Cc1ccc(S(=O)(=O)N2CCc3c(c(-c4nnc(-c5ccccc5)o4)nn3C)C2)cc1C. The second-order valence-corrected chi connectivity index (χ2v) is 9.95. The van der Waals surface area contributed by atoms with Gasteiger partial charge in [0.1, 0.15) is 0 Å². The van der Waals surface area contributed by atoms with Gasteiger partial charge in [0, 0.05) is 43.4 Å². The molecule has 164 valence electrons. The first-order valence-electron chi connectivity index (χ1n) is 10.4. The smallest absolute Gasteiger partial charge is 0.268 e. The van der Waals surface area contributed by atoms with Crippen LogP contribution in [-0.4, -0.2) is 39.2 Å². The molecule has 0 fully saturated rings. The number of benzene rings is 2. The van der Waals surface area contributed by atoms with Crippen LogP contribution in [-0.2, 0) is 30.0 Å². The highest BCUT2D eigenvalue weighted by molar-refractivity contribution is 7.89.